The maximum absolute atomic E-state index is 11.6. The van der Waals surface area contributed by atoms with E-state index in [-0.39, 0.29) is 11.6 Å². The number of aryl methyl sites for hydroxylation is 1. The lowest BCUT2D eigenvalue weighted by Crippen LogP contribution is -2.25. The van der Waals surface area contributed by atoms with E-state index in [0.717, 1.165) is 11.3 Å². The lowest BCUT2D eigenvalue weighted by Gasteiger charge is -2.10. The number of aromatic nitrogens is 2. The second kappa shape index (κ2) is 3.09. The summed E-state index contributed by atoms with van der Waals surface area (Å²) in [6.45, 7) is 7.60. The highest BCUT2D eigenvalue weighted by molar-refractivity contribution is 5.12. The van der Waals surface area contributed by atoms with Crippen LogP contribution in [0.25, 0.3) is 0 Å². The minimum atomic E-state index is 0.0671. The normalized spacial score (nSPS) is 10.8. The Balaban J connectivity index is 3.37. The van der Waals surface area contributed by atoms with Crippen LogP contribution in [0.1, 0.15) is 31.1 Å². The molecule has 0 aromatic carbocycles. The molecule has 0 bridgehead atoms. The van der Waals surface area contributed by atoms with Crippen molar-refractivity contribution in [3.63, 3.8) is 0 Å². The summed E-state index contributed by atoms with van der Waals surface area (Å²) in [5, 5.41) is 0. The zero-order valence-electron chi connectivity index (χ0n) is 7.96. The van der Waals surface area contributed by atoms with Gasteiger partial charge >= 0.3 is 0 Å². The second-order valence-electron chi connectivity index (χ2n) is 3.26. The molecule has 1 aromatic heterocycles. The monoisotopic (exact) mass is 166 g/mol. The molecule has 12 heavy (non-hydrogen) atoms. The Bertz CT molecular complexity index is 339. The van der Waals surface area contributed by atoms with Gasteiger partial charge in [-0.1, -0.05) is 0 Å². The van der Waals surface area contributed by atoms with E-state index in [2.05, 4.69) is 4.98 Å². The number of rotatable bonds is 1. The molecule has 1 aromatic rings. The molecule has 0 aliphatic carbocycles. The predicted molar refractivity (Wildman–Crippen MR) is 48.4 cm³/mol. The summed E-state index contributed by atoms with van der Waals surface area (Å²) in [4.78, 5) is 15.7. The van der Waals surface area contributed by atoms with Gasteiger partial charge in [0.1, 0.15) is 0 Å². The molecule has 0 radical (unpaired) electrons. The lowest BCUT2D eigenvalue weighted by molar-refractivity contribution is 0.562. The maximum atomic E-state index is 11.6. The Morgan fingerprint density at radius 2 is 2.00 bits per heavy atom. The Morgan fingerprint density at radius 1 is 1.42 bits per heavy atom. The van der Waals surface area contributed by atoms with E-state index in [4.69, 9.17) is 0 Å². The van der Waals surface area contributed by atoms with Gasteiger partial charge in [-0.3, -0.25) is 9.36 Å². The Hall–Kier alpha value is -1.12. The summed E-state index contributed by atoms with van der Waals surface area (Å²) in [7, 11) is 0. The highest BCUT2D eigenvalue weighted by Crippen LogP contribution is 2.01. The molecule has 3 nitrogen and oxygen atoms in total. The topological polar surface area (TPSA) is 34.9 Å². The highest BCUT2D eigenvalue weighted by atomic mass is 16.1. The molecule has 66 valence electrons. The molecule has 0 spiro atoms. The van der Waals surface area contributed by atoms with Crippen molar-refractivity contribution in [3.05, 3.63) is 27.9 Å². The Kier molecular flexibility index (Phi) is 2.31. The van der Waals surface area contributed by atoms with Crippen molar-refractivity contribution < 1.29 is 0 Å². The molecule has 0 aliphatic heterocycles. The van der Waals surface area contributed by atoms with Gasteiger partial charge in [0.25, 0.3) is 5.56 Å². The third-order valence-corrected chi connectivity index (χ3v) is 2.03. The van der Waals surface area contributed by atoms with E-state index in [1.165, 1.54) is 0 Å². The molecular weight excluding hydrogens is 152 g/mol. The average molecular weight is 166 g/mol. The van der Waals surface area contributed by atoms with Crippen molar-refractivity contribution >= 4 is 0 Å². The van der Waals surface area contributed by atoms with Crippen LogP contribution in [-0.4, -0.2) is 9.55 Å². The van der Waals surface area contributed by atoms with Gasteiger partial charge in [0.05, 0.1) is 6.33 Å². The van der Waals surface area contributed by atoms with Crippen LogP contribution in [0.4, 0.5) is 0 Å². The van der Waals surface area contributed by atoms with E-state index in [9.17, 15) is 4.79 Å². The van der Waals surface area contributed by atoms with Crippen molar-refractivity contribution in [1.82, 2.24) is 9.55 Å². The molecule has 0 fully saturated rings. The van der Waals surface area contributed by atoms with E-state index in [1.54, 1.807) is 10.9 Å². The van der Waals surface area contributed by atoms with Crippen LogP contribution >= 0.6 is 0 Å². The maximum Gasteiger partial charge on any atom is 0.256 e. The molecule has 0 aliphatic rings. The quantitative estimate of drug-likeness (QED) is 0.632. The van der Waals surface area contributed by atoms with Crippen molar-refractivity contribution in [2.45, 2.75) is 33.7 Å². The number of hydrogen-bond donors (Lipinski definition) is 0. The van der Waals surface area contributed by atoms with Gasteiger partial charge in [-0.2, -0.15) is 0 Å². The summed E-state index contributed by atoms with van der Waals surface area (Å²) in [6.07, 6.45) is 1.61. The Morgan fingerprint density at radius 3 is 2.50 bits per heavy atom. The smallest absolute Gasteiger partial charge is 0.256 e. The summed E-state index contributed by atoms with van der Waals surface area (Å²) >= 11 is 0. The molecule has 0 saturated carbocycles. The zero-order valence-corrected chi connectivity index (χ0v) is 7.96. The van der Waals surface area contributed by atoms with Crippen molar-refractivity contribution in [3.8, 4) is 0 Å². The van der Waals surface area contributed by atoms with Gasteiger partial charge in [0, 0.05) is 17.3 Å². The van der Waals surface area contributed by atoms with Crippen molar-refractivity contribution in [2.24, 2.45) is 0 Å². The third kappa shape index (κ3) is 1.40. The van der Waals surface area contributed by atoms with Gasteiger partial charge in [-0.15, -0.1) is 0 Å². The molecule has 1 rings (SSSR count). The molecule has 3 heteroatoms. The van der Waals surface area contributed by atoms with Gasteiger partial charge < -0.3 is 0 Å². The van der Waals surface area contributed by atoms with Crippen LogP contribution in [0.15, 0.2) is 11.1 Å². The summed E-state index contributed by atoms with van der Waals surface area (Å²) in [5.74, 6) is 0. The minimum Gasteiger partial charge on any atom is -0.296 e. The van der Waals surface area contributed by atoms with E-state index in [1.807, 2.05) is 27.7 Å². The number of nitrogens with zero attached hydrogens (tertiary/aromatic N) is 2. The SMILES string of the molecule is Cc1ncn(C(C)C)c(=O)c1C. The molecule has 0 atom stereocenters. The summed E-state index contributed by atoms with van der Waals surface area (Å²) in [5.41, 5.74) is 1.63. The first-order chi connectivity index (χ1) is 5.54. The Labute approximate surface area is 72.1 Å². The molecule has 0 amide bonds. The van der Waals surface area contributed by atoms with E-state index in [0.29, 0.717) is 0 Å². The van der Waals surface area contributed by atoms with E-state index < -0.39 is 0 Å². The summed E-state index contributed by atoms with van der Waals surface area (Å²) in [6, 6.07) is 0.185. The molecule has 1 heterocycles. The van der Waals surface area contributed by atoms with Crippen molar-refractivity contribution in [1.29, 1.82) is 0 Å². The number of hydrogen-bond acceptors (Lipinski definition) is 2. The fourth-order valence-corrected chi connectivity index (χ4v) is 1.01. The second-order valence-corrected chi connectivity index (χ2v) is 3.26. The van der Waals surface area contributed by atoms with Gasteiger partial charge in [0.15, 0.2) is 0 Å². The molecule has 0 N–H and O–H groups in total. The molecule has 0 saturated heterocycles. The standard InChI is InChI=1S/C9H14N2O/c1-6(2)11-5-10-8(4)7(3)9(11)12/h5-6H,1-4H3. The predicted octanol–water partition coefficient (Wildman–Crippen LogP) is 1.44. The summed E-state index contributed by atoms with van der Waals surface area (Å²) < 4.78 is 1.64. The largest absolute Gasteiger partial charge is 0.296 e. The fourth-order valence-electron chi connectivity index (χ4n) is 1.01. The zero-order chi connectivity index (χ0) is 9.30. The van der Waals surface area contributed by atoms with Gasteiger partial charge in [-0.05, 0) is 27.7 Å². The van der Waals surface area contributed by atoms with Crippen LogP contribution in [0.2, 0.25) is 0 Å². The third-order valence-electron chi connectivity index (χ3n) is 2.03. The van der Waals surface area contributed by atoms with E-state index >= 15 is 0 Å². The highest BCUT2D eigenvalue weighted by Gasteiger charge is 2.05. The molecular formula is C9H14N2O. The minimum absolute atomic E-state index is 0.0671. The van der Waals surface area contributed by atoms with Crippen LogP contribution in [0, 0.1) is 13.8 Å². The van der Waals surface area contributed by atoms with Gasteiger partial charge in [-0.25, -0.2) is 4.98 Å². The van der Waals surface area contributed by atoms with Crippen LogP contribution in [0.5, 0.6) is 0 Å². The first-order valence-electron chi connectivity index (χ1n) is 4.08. The van der Waals surface area contributed by atoms with Crippen molar-refractivity contribution in [2.75, 3.05) is 0 Å². The average Bonchev–Trinajstić information content (AvgIpc) is 2.00. The molecule has 0 unspecified atom stereocenters. The van der Waals surface area contributed by atoms with Crippen LogP contribution in [-0.2, 0) is 0 Å². The van der Waals surface area contributed by atoms with Crippen LogP contribution < -0.4 is 5.56 Å². The first kappa shape index (κ1) is 8.97. The fraction of sp³-hybridized carbons (Fsp3) is 0.556. The lowest BCUT2D eigenvalue weighted by atomic mass is 10.2. The van der Waals surface area contributed by atoms with Gasteiger partial charge in [0.2, 0.25) is 0 Å². The first-order valence-corrected chi connectivity index (χ1v) is 4.08. The van der Waals surface area contributed by atoms with Crippen LogP contribution in [0.3, 0.4) is 0 Å².